The Balaban J connectivity index is 2.44. The summed E-state index contributed by atoms with van der Waals surface area (Å²) in [5.41, 5.74) is 6.52. The van der Waals surface area contributed by atoms with Crippen molar-refractivity contribution in [1.82, 2.24) is 10.3 Å². The lowest BCUT2D eigenvalue weighted by molar-refractivity contribution is -0.121. The third kappa shape index (κ3) is 4.82. The number of carbonyl (C=O) groups is 1. The molecule has 94 valence electrons. The summed E-state index contributed by atoms with van der Waals surface area (Å²) in [7, 11) is 3.87. The summed E-state index contributed by atoms with van der Waals surface area (Å²) in [4.78, 5) is 17.6. The van der Waals surface area contributed by atoms with Crippen molar-refractivity contribution >= 4 is 11.7 Å². The van der Waals surface area contributed by atoms with Gasteiger partial charge in [-0.3, -0.25) is 4.79 Å². The average molecular weight is 236 g/mol. The van der Waals surface area contributed by atoms with Crippen LogP contribution >= 0.6 is 0 Å². The second-order valence-electron chi connectivity index (χ2n) is 4.38. The van der Waals surface area contributed by atoms with Gasteiger partial charge in [0.25, 0.3) is 0 Å². The van der Waals surface area contributed by atoms with Crippen molar-refractivity contribution in [1.29, 1.82) is 0 Å². The van der Waals surface area contributed by atoms with Crippen LogP contribution in [0.5, 0.6) is 0 Å². The Morgan fingerprint density at radius 1 is 1.53 bits per heavy atom. The molecule has 1 aromatic rings. The molecule has 0 aliphatic heterocycles. The molecule has 0 bridgehead atoms. The van der Waals surface area contributed by atoms with Crippen molar-refractivity contribution in [3.8, 4) is 0 Å². The second kappa shape index (κ2) is 6.20. The first-order valence-electron chi connectivity index (χ1n) is 5.63. The molecule has 1 rings (SSSR count). The van der Waals surface area contributed by atoms with Gasteiger partial charge in [-0.15, -0.1) is 0 Å². The molecule has 0 spiro atoms. The molecule has 5 heteroatoms. The minimum absolute atomic E-state index is 0.0308. The highest BCUT2D eigenvalue weighted by molar-refractivity contribution is 5.76. The van der Waals surface area contributed by atoms with Gasteiger partial charge < -0.3 is 16.0 Å². The summed E-state index contributed by atoms with van der Waals surface area (Å²) in [5.74, 6) is 0.868. The van der Waals surface area contributed by atoms with Crippen LogP contribution in [-0.4, -0.2) is 31.0 Å². The third-order valence-electron chi connectivity index (χ3n) is 2.26. The van der Waals surface area contributed by atoms with Crippen molar-refractivity contribution in [2.45, 2.75) is 25.9 Å². The van der Waals surface area contributed by atoms with Gasteiger partial charge in [0, 0.05) is 39.3 Å². The number of nitrogens with one attached hydrogen (secondary N) is 1. The molecule has 1 aromatic heterocycles. The molecule has 17 heavy (non-hydrogen) atoms. The number of rotatable bonds is 5. The van der Waals surface area contributed by atoms with E-state index in [1.165, 1.54) is 0 Å². The number of hydrogen-bond acceptors (Lipinski definition) is 4. The molecule has 0 aromatic carbocycles. The van der Waals surface area contributed by atoms with E-state index in [4.69, 9.17) is 5.73 Å². The normalized spacial score (nSPS) is 12.0. The van der Waals surface area contributed by atoms with E-state index in [1.807, 2.05) is 38.1 Å². The fourth-order valence-electron chi connectivity index (χ4n) is 1.35. The van der Waals surface area contributed by atoms with Gasteiger partial charge in [-0.2, -0.15) is 0 Å². The summed E-state index contributed by atoms with van der Waals surface area (Å²) in [6.45, 7) is 2.30. The Morgan fingerprint density at radius 3 is 2.71 bits per heavy atom. The fourth-order valence-corrected chi connectivity index (χ4v) is 1.35. The molecule has 0 aliphatic carbocycles. The van der Waals surface area contributed by atoms with E-state index >= 15 is 0 Å². The van der Waals surface area contributed by atoms with Crippen molar-refractivity contribution in [3.05, 3.63) is 23.9 Å². The molecule has 5 nitrogen and oxygen atoms in total. The zero-order valence-corrected chi connectivity index (χ0v) is 10.6. The van der Waals surface area contributed by atoms with E-state index in [2.05, 4.69) is 10.3 Å². The summed E-state index contributed by atoms with van der Waals surface area (Å²) in [6.07, 6.45) is 2.12. The van der Waals surface area contributed by atoms with Crippen LogP contribution in [0.15, 0.2) is 18.3 Å². The predicted molar refractivity (Wildman–Crippen MR) is 68.7 cm³/mol. The van der Waals surface area contributed by atoms with Gasteiger partial charge in [0.2, 0.25) is 5.91 Å². The first-order chi connectivity index (χ1) is 7.99. The highest BCUT2D eigenvalue weighted by Gasteiger charge is 2.04. The highest BCUT2D eigenvalue weighted by atomic mass is 16.1. The topological polar surface area (TPSA) is 71.2 Å². The number of aromatic nitrogens is 1. The van der Waals surface area contributed by atoms with Crippen LogP contribution in [-0.2, 0) is 11.3 Å². The molecule has 1 unspecified atom stereocenters. The van der Waals surface area contributed by atoms with Gasteiger partial charge in [0.15, 0.2) is 0 Å². The van der Waals surface area contributed by atoms with Crippen LogP contribution in [0, 0.1) is 0 Å². The van der Waals surface area contributed by atoms with Gasteiger partial charge in [0.1, 0.15) is 5.82 Å². The zero-order valence-electron chi connectivity index (χ0n) is 10.6. The molecule has 1 atom stereocenters. The fraction of sp³-hybridized carbons (Fsp3) is 0.500. The van der Waals surface area contributed by atoms with E-state index < -0.39 is 0 Å². The lowest BCUT2D eigenvalue weighted by atomic mass is 10.2. The lowest BCUT2D eigenvalue weighted by Gasteiger charge is -2.11. The molecule has 1 heterocycles. The molecule has 0 aliphatic rings. The van der Waals surface area contributed by atoms with Crippen LogP contribution in [0.2, 0.25) is 0 Å². The molecule has 0 radical (unpaired) electrons. The lowest BCUT2D eigenvalue weighted by Crippen LogP contribution is -2.29. The maximum Gasteiger partial charge on any atom is 0.221 e. The van der Waals surface area contributed by atoms with Crippen molar-refractivity contribution in [2.24, 2.45) is 5.73 Å². The van der Waals surface area contributed by atoms with E-state index in [1.54, 1.807) is 6.20 Å². The summed E-state index contributed by atoms with van der Waals surface area (Å²) >= 11 is 0. The molecule has 0 saturated heterocycles. The number of nitrogens with two attached hydrogens (primary N) is 1. The molecular formula is C12H20N4O. The molecule has 0 fully saturated rings. The minimum Gasteiger partial charge on any atom is -0.363 e. The first kappa shape index (κ1) is 13.4. The summed E-state index contributed by atoms with van der Waals surface area (Å²) in [6, 6.07) is 3.77. The van der Waals surface area contributed by atoms with E-state index in [-0.39, 0.29) is 11.9 Å². The largest absolute Gasteiger partial charge is 0.363 e. The minimum atomic E-state index is -0.107. The van der Waals surface area contributed by atoms with Gasteiger partial charge >= 0.3 is 0 Å². The quantitative estimate of drug-likeness (QED) is 0.781. The van der Waals surface area contributed by atoms with Crippen LogP contribution in [0.25, 0.3) is 0 Å². The second-order valence-corrected chi connectivity index (χ2v) is 4.38. The summed E-state index contributed by atoms with van der Waals surface area (Å²) < 4.78 is 0. The highest BCUT2D eigenvalue weighted by Crippen LogP contribution is 2.07. The third-order valence-corrected chi connectivity index (χ3v) is 2.26. The summed E-state index contributed by atoms with van der Waals surface area (Å²) in [5, 5.41) is 2.81. The SMILES string of the molecule is CC(N)CC(=O)NCc1ccc(N(C)C)nc1. The zero-order chi connectivity index (χ0) is 12.8. The number of pyridine rings is 1. The van der Waals surface area contributed by atoms with Crippen molar-refractivity contribution in [3.63, 3.8) is 0 Å². The molecular weight excluding hydrogens is 216 g/mol. The number of amides is 1. The number of carbonyl (C=O) groups excluding carboxylic acids is 1. The van der Waals surface area contributed by atoms with Gasteiger partial charge in [-0.25, -0.2) is 4.98 Å². The first-order valence-corrected chi connectivity index (χ1v) is 5.63. The number of nitrogens with zero attached hydrogens (tertiary/aromatic N) is 2. The van der Waals surface area contributed by atoms with Crippen molar-refractivity contribution in [2.75, 3.05) is 19.0 Å². The maximum absolute atomic E-state index is 11.4. The smallest absolute Gasteiger partial charge is 0.221 e. The Hall–Kier alpha value is -1.62. The van der Waals surface area contributed by atoms with E-state index in [0.717, 1.165) is 11.4 Å². The Labute approximate surface area is 102 Å². The Kier molecular flexibility index (Phi) is 4.90. The average Bonchev–Trinajstić information content (AvgIpc) is 2.26. The number of anilines is 1. The van der Waals surface area contributed by atoms with Crippen molar-refractivity contribution < 1.29 is 4.79 Å². The van der Waals surface area contributed by atoms with E-state index in [9.17, 15) is 4.79 Å². The van der Waals surface area contributed by atoms with Gasteiger partial charge in [-0.05, 0) is 18.6 Å². The Bertz CT molecular complexity index is 359. The molecule has 0 saturated carbocycles. The molecule has 1 amide bonds. The Morgan fingerprint density at radius 2 is 2.24 bits per heavy atom. The number of hydrogen-bond donors (Lipinski definition) is 2. The predicted octanol–water partition coefficient (Wildman–Crippen LogP) is 0.501. The van der Waals surface area contributed by atoms with Crippen LogP contribution in [0.1, 0.15) is 18.9 Å². The van der Waals surface area contributed by atoms with Crippen LogP contribution in [0.3, 0.4) is 0 Å². The molecule has 3 N–H and O–H groups in total. The van der Waals surface area contributed by atoms with Crippen LogP contribution in [0.4, 0.5) is 5.82 Å². The van der Waals surface area contributed by atoms with Crippen LogP contribution < -0.4 is 16.0 Å². The van der Waals surface area contributed by atoms with Gasteiger partial charge in [0.05, 0.1) is 0 Å². The van der Waals surface area contributed by atoms with Gasteiger partial charge in [-0.1, -0.05) is 6.07 Å². The standard InChI is InChI=1S/C12H20N4O/c1-9(13)6-12(17)15-8-10-4-5-11(14-7-10)16(2)3/h4-5,7,9H,6,8,13H2,1-3H3,(H,15,17). The monoisotopic (exact) mass is 236 g/mol. The van der Waals surface area contributed by atoms with E-state index in [0.29, 0.717) is 13.0 Å². The maximum atomic E-state index is 11.4.